The lowest BCUT2D eigenvalue weighted by atomic mass is 9.87. The number of hydrogen-bond acceptors (Lipinski definition) is 2. The van der Waals surface area contributed by atoms with Gasteiger partial charge in [-0.3, -0.25) is 0 Å². The standard InChI is InChI=1S/C18H30N2/c1-3-5-10-14-18(16-19,13-6-4-2)20-15-17-11-8-7-9-12-17/h4,7-9,11-12,20H,2-3,5-6,10,13-16,19H2,1H3. The third-order valence-electron chi connectivity index (χ3n) is 3.99. The van der Waals surface area contributed by atoms with Crippen LogP contribution in [0.25, 0.3) is 0 Å². The van der Waals surface area contributed by atoms with Gasteiger partial charge in [-0.25, -0.2) is 0 Å². The minimum Gasteiger partial charge on any atom is -0.329 e. The van der Waals surface area contributed by atoms with E-state index in [4.69, 9.17) is 5.73 Å². The maximum atomic E-state index is 6.10. The van der Waals surface area contributed by atoms with Crippen LogP contribution in [0.1, 0.15) is 51.0 Å². The molecule has 2 heteroatoms. The Morgan fingerprint density at radius 3 is 2.55 bits per heavy atom. The largest absolute Gasteiger partial charge is 0.329 e. The molecule has 0 aliphatic heterocycles. The summed E-state index contributed by atoms with van der Waals surface area (Å²) in [5, 5.41) is 3.72. The fraction of sp³-hybridized carbons (Fsp3) is 0.556. The summed E-state index contributed by atoms with van der Waals surface area (Å²) in [6.07, 6.45) is 9.01. The maximum Gasteiger partial charge on any atom is 0.0309 e. The van der Waals surface area contributed by atoms with Crippen molar-refractivity contribution in [3.8, 4) is 0 Å². The number of rotatable bonds is 11. The van der Waals surface area contributed by atoms with Crippen LogP contribution in [0.5, 0.6) is 0 Å². The van der Waals surface area contributed by atoms with Crippen molar-refractivity contribution in [3.63, 3.8) is 0 Å². The minimum absolute atomic E-state index is 0.0548. The molecule has 2 nitrogen and oxygen atoms in total. The van der Waals surface area contributed by atoms with E-state index in [2.05, 4.69) is 49.2 Å². The van der Waals surface area contributed by atoms with Gasteiger partial charge >= 0.3 is 0 Å². The molecule has 1 aromatic carbocycles. The molecule has 20 heavy (non-hydrogen) atoms. The summed E-state index contributed by atoms with van der Waals surface area (Å²) in [7, 11) is 0. The molecule has 0 aromatic heterocycles. The van der Waals surface area contributed by atoms with Crippen LogP contribution in [0.15, 0.2) is 43.0 Å². The monoisotopic (exact) mass is 274 g/mol. The van der Waals surface area contributed by atoms with Gasteiger partial charge in [-0.2, -0.15) is 0 Å². The van der Waals surface area contributed by atoms with Crippen molar-refractivity contribution in [3.05, 3.63) is 48.6 Å². The van der Waals surface area contributed by atoms with E-state index >= 15 is 0 Å². The van der Waals surface area contributed by atoms with E-state index in [1.165, 1.54) is 24.8 Å². The molecule has 1 atom stereocenters. The van der Waals surface area contributed by atoms with Crippen LogP contribution in [0.4, 0.5) is 0 Å². The van der Waals surface area contributed by atoms with E-state index in [9.17, 15) is 0 Å². The van der Waals surface area contributed by atoms with Crippen molar-refractivity contribution in [2.45, 2.75) is 57.5 Å². The fourth-order valence-electron chi connectivity index (χ4n) is 2.56. The highest BCUT2D eigenvalue weighted by molar-refractivity contribution is 5.14. The highest BCUT2D eigenvalue weighted by Gasteiger charge is 2.26. The van der Waals surface area contributed by atoms with Crippen molar-refractivity contribution in [2.75, 3.05) is 6.54 Å². The Labute approximate surface area is 124 Å². The van der Waals surface area contributed by atoms with Gasteiger partial charge in [-0.05, 0) is 24.8 Å². The third-order valence-corrected chi connectivity index (χ3v) is 3.99. The molecule has 3 N–H and O–H groups in total. The first-order valence-corrected chi connectivity index (χ1v) is 7.86. The molecule has 0 spiro atoms. The molecule has 0 aliphatic rings. The Hall–Kier alpha value is -1.12. The molecular weight excluding hydrogens is 244 g/mol. The summed E-state index contributed by atoms with van der Waals surface area (Å²) in [6, 6.07) is 10.5. The van der Waals surface area contributed by atoms with Gasteiger partial charge in [0.1, 0.15) is 0 Å². The predicted molar refractivity (Wildman–Crippen MR) is 88.6 cm³/mol. The van der Waals surface area contributed by atoms with Crippen LogP contribution in [0, 0.1) is 0 Å². The van der Waals surface area contributed by atoms with Crippen LogP contribution in [0.3, 0.4) is 0 Å². The Balaban J connectivity index is 2.61. The molecule has 0 saturated carbocycles. The van der Waals surface area contributed by atoms with Crippen molar-refractivity contribution < 1.29 is 0 Å². The first-order valence-electron chi connectivity index (χ1n) is 7.86. The van der Waals surface area contributed by atoms with Crippen LogP contribution in [-0.2, 0) is 6.54 Å². The van der Waals surface area contributed by atoms with Gasteiger partial charge in [-0.15, -0.1) is 6.58 Å². The molecule has 112 valence electrons. The third kappa shape index (κ3) is 5.89. The second kappa shape index (κ2) is 9.73. The lowest BCUT2D eigenvalue weighted by molar-refractivity contribution is 0.278. The molecule has 0 saturated heterocycles. The van der Waals surface area contributed by atoms with E-state index in [-0.39, 0.29) is 5.54 Å². The fourth-order valence-corrected chi connectivity index (χ4v) is 2.56. The van der Waals surface area contributed by atoms with Gasteiger partial charge in [0.15, 0.2) is 0 Å². The van der Waals surface area contributed by atoms with Crippen LogP contribution < -0.4 is 11.1 Å². The number of benzene rings is 1. The molecule has 0 amide bonds. The summed E-state index contributed by atoms with van der Waals surface area (Å²) >= 11 is 0. The van der Waals surface area contributed by atoms with E-state index < -0.39 is 0 Å². The molecule has 0 radical (unpaired) electrons. The molecule has 0 bridgehead atoms. The zero-order valence-electron chi connectivity index (χ0n) is 12.9. The zero-order valence-corrected chi connectivity index (χ0v) is 12.9. The molecular formula is C18H30N2. The van der Waals surface area contributed by atoms with Crippen molar-refractivity contribution >= 4 is 0 Å². The molecule has 1 aromatic rings. The average Bonchev–Trinajstić information content (AvgIpc) is 2.51. The Bertz CT molecular complexity index is 361. The smallest absolute Gasteiger partial charge is 0.0309 e. The lowest BCUT2D eigenvalue weighted by Gasteiger charge is -2.34. The van der Waals surface area contributed by atoms with Crippen molar-refractivity contribution in [1.82, 2.24) is 5.32 Å². The Kier molecular flexibility index (Phi) is 8.24. The predicted octanol–water partition coefficient (Wildman–Crippen LogP) is 4.02. The summed E-state index contributed by atoms with van der Waals surface area (Å²) in [5.74, 6) is 0. The van der Waals surface area contributed by atoms with Gasteiger partial charge < -0.3 is 11.1 Å². The summed E-state index contributed by atoms with van der Waals surface area (Å²) in [5.41, 5.74) is 7.47. The SMILES string of the molecule is C=CCCC(CN)(CCCCC)NCc1ccccc1. The minimum atomic E-state index is 0.0548. The Morgan fingerprint density at radius 1 is 1.20 bits per heavy atom. The topological polar surface area (TPSA) is 38.0 Å². The first-order chi connectivity index (χ1) is 9.76. The van der Waals surface area contributed by atoms with Crippen LogP contribution in [0.2, 0.25) is 0 Å². The quantitative estimate of drug-likeness (QED) is 0.472. The molecule has 1 unspecified atom stereocenters. The molecule has 1 rings (SSSR count). The van der Waals surface area contributed by atoms with Crippen LogP contribution >= 0.6 is 0 Å². The molecule has 0 aliphatic carbocycles. The summed E-state index contributed by atoms with van der Waals surface area (Å²) in [6.45, 7) is 7.67. The van der Waals surface area contributed by atoms with Crippen molar-refractivity contribution in [1.29, 1.82) is 0 Å². The average molecular weight is 274 g/mol. The van der Waals surface area contributed by atoms with E-state index in [0.717, 1.165) is 25.8 Å². The number of unbranched alkanes of at least 4 members (excludes halogenated alkanes) is 2. The van der Waals surface area contributed by atoms with E-state index in [0.29, 0.717) is 6.54 Å². The van der Waals surface area contributed by atoms with Crippen LogP contribution in [-0.4, -0.2) is 12.1 Å². The number of hydrogen-bond donors (Lipinski definition) is 2. The summed E-state index contributed by atoms with van der Waals surface area (Å²) < 4.78 is 0. The van der Waals surface area contributed by atoms with E-state index in [1.807, 2.05) is 6.08 Å². The number of nitrogens with two attached hydrogens (primary N) is 1. The van der Waals surface area contributed by atoms with Gasteiger partial charge in [0.25, 0.3) is 0 Å². The van der Waals surface area contributed by atoms with Gasteiger partial charge in [0.2, 0.25) is 0 Å². The number of nitrogens with one attached hydrogen (secondary N) is 1. The van der Waals surface area contributed by atoms with Gasteiger partial charge in [-0.1, -0.05) is 62.6 Å². The van der Waals surface area contributed by atoms with E-state index in [1.54, 1.807) is 0 Å². The lowest BCUT2D eigenvalue weighted by Crippen LogP contribution is -2.50. The second-order valence-corrected chi connectivity index (χ2v) is 5.61. The highest BCUT2D eigenvalue weighted by atomic mass is 15.0. The second-order valence-electron chi connectivity index (χ2n) is 5.61. The summed E-state index contributed by atoms with van der Waals surface area (Å²) in [4.78, 5) is 0. The normalized spacial score (nSPS) is 13.9. The van der Waals surface area contributed by atoms with Crippen molar-refractivity contribution in [2.24, 2.45) is 5.73 Å². The van der Waals surface area contributed by atoms with Gasteiger partial charge in [0.05, 0.1) is 0 Å². The first kappa shape index (κ1) is 16.9. The molecule has 0 fully saturated rings. The van der Waals surface area contributed by atoms with Gasteiger partial charge in [0, 0.05) is 18.6 Å². The zero-order chi connectivity index (χ0) is 14.7. The Morgan fingerprint density at radius 2 is 1.95 bits per heavy atom. The molecule has 0 heterocycles. The number of allylic oxidation sites excluding steroid dienone is 1. The maximum absolute atomic E-state index is 6.10. The highest BCUT2D eigenvalue weighted by Crippen LogP contribution is 2.21.